The number of thioether (sulfide) groups is 1. The summed E-state index contributed by atoms with van der Waals surface area (Å²) >= 11 is 1.25. The van der Waals surface area contributed by atoms with E-state index in [-0.39, 0.29) is 11.7 Å². The van der Waals surface area contributed by atoms with Gasteiger partial charge in [0.2, 0.25) is 5.91 Å². The third-order valence-electron chi connectivity index (χ3n) is 3.47. The van der Waals surface area contributed by atoms with Crippen LogP contribution in [0.25, 0.3) is 10.9 Å². The number of amides is 1. The summed E-state index contributed by atoms with van der Waals surface area (Å²) in [6, 6.07) is 16.6. The van der Waals surface area contributed by atoms with Crippen molar-refractivity contribution in [3.05, 3.63) is 54.1 Å². The molecule has 0 bridgehead atoms. The second-order valence-corrected chi connectivity index (χ2v) is 6.06. The van der Waals surface area contributed by atoms with Gasteiger partial charge in [0.05, 0.1) is 22.5 Å². The molecule has 2 N–H and O–H groups in total. The Bertz CT molecular complexity index is 967. The predicted molar refractivity (Wildman–Crippen MR) is 99.6 cm³/mol. The molecule has 1 amide bonds. The molecule has 0 aliphatic heterocycles. The highest BCUT2D eigenvalue weighted by Gasteiger charge is 2.10. The van der Waals surface area contributed by atoms with Crippen molar-refractivity contribution in [3.63, 3.8) is 0 Å². The Morgan fingerprint density at radius 1 is 1.16 bits per heavy atom. The molecule has 0 aliphatic rings. The quantitative estimate of drug-likeness (QED) is 0.543. The lowest BCUT2D eigenvalue weighted by molar-refractivity contribution is -0.113. The van der Waals surface area contributed by atoms with Gasteiger partial charge in [-0.05, 0) is 24.3 Å². The molecule has 3 aromatic rings. The van der Waals surface area contributed by atoms with Crippen LogP contribution < -0.4 is 10.6 Å². The number of nitrogens with one attached hydrogen (secondary N) is 2. The molecule has 2 aromatic carbocycles. The number of hydrogen-bond donors (Lipinski definition) is 2. The maximum atomic E-state index is 12.2. The van der Waals surface area contributed by atoms with Crippen molar-refractivity contribution in [2.75, 3.05) is 23.4 Å². The number of nitrogens with zero attached hydrogens (tertiary/aromatic N) is 3. The van der Waals surface area contributed by atoms with E-state index in [1.54, 1.807) is 31.3 Å². The Morgan fingerprint density at radius 2 is 1.92 bits per heavy atom. The number of aromatic nitrogens is 2. The number of rotatable bonds is 5. The first-order valence-electron chi connectivity index (χ1n) is 7.57. The van der Waals surface area contributed by atoms with Crippen molar-refractivity contribution < 1.29 is 4.79 Å². The molecular formula is C18H15N5OS. The van der Waals surface area contributed by atoms with Gasteiger partial charge < -0.3 is 10.6 Å². The van der Waals surface area contributed by atoms with Crippen LogP contribution in [-0.2, 0) is 4.79 Å². The molecule has 6 nitrogen and oxygen atoms in total. The van der Waals surface area contributed by atoms with Crippen LogP contribution in [0, 0.1) is 11.3 Å². The lowest BCUT2D eigenvalue weighted by Gasteiger charge is -2.08. The molecule has 0 fully saturated rings. The number of carbonyl (C=O) groups is 1. The smallest absolute Gasteiger partial charge is 0.234 e. The first-order valence-corrected chi connectivity index (χ1v) is 8.56. The highest BCUT2D eigenvalue weighted by atomic mass is 32.2. The zero-order chi connectivity index (χ0) is 17.6. The summed E-state index contributed by atoms with van der Waals surface area (Å²) in [5.41, 5.74) is 1.76. The van der Waals surface area contributed by atoms with E-state index in [4.69, 9.17) is 5.26 Å². The van der Waals surface area contributed by atoms with Gasteiger partial charge in [-0.2, -0.15) is 5.26 Å². The fraction of sp³-hybridized carbons (Fsp3) is 0.111. The molecular weight excluding hydrogens is 334 g/mol. The van der Waals surface area contributed by atoms with Crippen LogP contribution >= 0.6 is 11.8 Å². The average molecular weight is 349 g/mol. The molecule has 25 heavy (non-hydrogen) atoms. The van der Waals surface area contributed by atoms with Crippen LogP contribution in [0.5, 0.6) is 0 Å². The first kappa shape index (κ1) is 16.7. The molecule has 0 saturated carbocycles. The van der Waals surface area contributed by atoms with Gasteiger partial charge in [0.1, 0.15) is 11.9 Å². The Labute approximate surface area is 149 Å². The molecule has 0 spiro atoms. The summed E-state index contributed by atoms with van der Waals surface area (Å²) < 4.78 is 0. The van der Waals surface area contributed by atoms with Crippen LogP contribution in [0.3, 0.4) is 0 Å². The average Bonchev–Trinajstić information content (AvgIpc) is 2.66. The third-order valence-corrected chi connectivity index (χ3v) is 4.32. The van der Waals surface area contributed by atoms with Gasteiger partial charge in [0.25, 0.3) is 0 Å². The van der Waals surface area contributed by atoms with E-state index in [1.807, 2.05) is 24.3 Å². The van der Waals surface area contributed by atoms with Crippen LogP contribution in [0.4, 0.5) is 11.5 Å². The minimum Gasteiger partial charge on any atom is -0.372 e. The summed E-state index contributed by atoms with van der Waals surface area (Å²) in [5, 5.41) is 16.3. The van der Waals surface area contributed by atoms with E-state index in [0.29, 0.717) is 16.4 Å². The zero-order valence-corrected chi connectivity index (χ0v) is 14.3. The van der Waals surface area contributed by atoms with Gasteiger partial charge in [0, 0.05) is 12.4 Å². The number of para-hydroxylation sites is 2. The Kier molecular flexibility index (Phi) is 5.11. The van der Waals surface area contributed by atoms with Crippen molar-refractivity contribution in [2.24, 2.45) is 0 Å². The van der Waals surface area contributed by atoms with Crippen LogP contribution in [0.15, 0.2) is 53.7 Å². The zero-order valence-electron chi connectivity index (χ0n) is 13.5. The molecule has 0 atom stereocenters. The maximum Gasteiger partial charge on any atom is 0.234 e. The first-order chi connectivity index (χ1) is 12.2. The number of carbonyl (C=O) groups excluding carboxylic acids is 1. The molecule has 3 rings (SSSR count). The standard InChI is InChI=1S/C18H15N5OS/c1-20-17-13-7-3-5-9-15(13)22-18(23-17)25-11-16(24)21-14-8-4-2-6-12(14)10-19/h2-9H,11H2,1H3,(H,21,24)(H,20,22,23). The highest BCUT2D eigenvalue weighted by molar-refractivity contribution is 7.99. The number of nitriles is 1. The summed E-state index contributed by atoms with van der Waals surface area (Å²) in [7, 11) is 1.80. The topological polar surface area (TPSA) is 90.7 Å². The molecule has 1 heterocycles. The lowest BCUT2D eigenvalue weighted by Crippen LogP contribution is -2.15. The summed E-state index contributed by atoms with van der Waals surface area (Å²) in [4.78, 5) is 21.1. The van der Waals surface area contributed by atoms with Crippen molar-refractivity contribution in [3.8, 4) is 6.07 Å². The van der Waals surface area contributed by atoms with E-state index in [2.05, 4.69) is 26.7 Å². The molecule has 0 unspecified atom stereocenters. The molecule has 0 saturated heterocycles. The Balaban J connectivity index is 1.72. The number of benzene rings is 2. The van der Waals surface area contributed by atoms with Crippen LogP contribution in [0.1, 0.15) is 5.56 Å². The van der Waals surface area contributed by atoms with Crippen molar-refractivity contribution in [1.82, 2.24) is 9.97 Å². The van der Waals surface area contributed by atoms with E-state index in [1.165, 1.54) is 11.8 Å². The number of anilines is 2. The largest absolute Gasteiger partial charge is 0.372 e. The Hall–Kier alpha value is -3.11. The second-order valence-electron chi connectivity index (χ2n) is 5.12. The second kappa shape index (κ2) is 7.64. The van der Waals surface area contributed by atoms with Gasteiger partial charge in [0.15, 0.2) is 5.16 Å². The fourth-order valence-corrected chi connectivity index (χ4v) is 2.97. The Morgan fingerprint density at radius 3 is 2.72 bits per heavy atom. The lowest BCUT2D eigenvalue weighted by atomic mass is 10.2. The summed E-state index contributed by atoms with van der Waals surface area (Å²) in [6.07, 6.45) is 0. The van der Waals surface area contributed by atoms with Crippen molar-refractivity contribution in [2.45, 2.75) is 5.16 Å². The van der Waals surface area contributed by atoms with Crippen LogP contribution in [-0.4, -0.2) is 28.7 Å². The normalized spacial score (nSPS) is 10.2. The van der Waals surface area contributed by atoms with Gasteiger partial charge in [-0.15, -0.1) is 0 Å². The van der Waals surface area contributed by atoms with E-state index < -0.39 is 0 Å². The van der Waals surface area contributed by atoms with E-state index in [0.717, 1.165) is 16.7 Å². The van der Waals surface area contributed by atoms with Crippen LogP contribution in [0.2, 0.25) is 0 Å². The molecule has 7 heteroatoms. The SMILES string of the molecule is CNc1nc(SCC(=O)Nc2ccccc2C#N)nc2ccccc12. The third kappa shape index (κ3) is 3.87. The van der Waals surface area contributed by atoms with Gasteiger partial charge in [-0.25, -0.2) is 9.97 Å². The molecule has 0 radical (unpaired) electrons. The van der Waals surface area contributed by atoms with E-state index in [9.17, 15) is 4.79 Å². The summed E-state index contributed by atoms with van der Waals surface area (Å²) in [6.45, 7) is 0. The minimum atomic E-state index is -0.213. The highest BCUT2D eigenvalue weighted by Crippen LogP contribution is 2.24. The summed E-state index contributed by atoms with van der Waals surface area (Å²) in [5.74, 6) is 0.667. The van der Waals surface area contributed by atoms with Crippen molar-refractivity contribution in [1.29, 1.82) is 5.26 Å². The number of hydrogen-bond acceptors (Lipinski definition) is 6. The van der Waals surface area contributed by atoms with Crippen molar-refractivity contribution >= 4 is 40.1 Å². The monoisotopic (exact) mass is 349 g/mol. The van der Waals surface area contributed by atoms with Gasteiger partial charge in [-0.3, -0.25) is 4.79 Å². The molecule has 124 valence electrons. The predicted octanol–water partition coefficient (Wildman–Crippen LogP) is 3.27. The molecule has 0 aliphatic carbocycles. The maximum absolute atomic E-state index is 12.2. The number of fused-ring (bicyclic) bond motifs is 1. The van der Waals surface area contributed by atoms with Gasteiger partial charge >= 0.3 is 0 Å². The molecule has 1 aromatic heterocycles. The van der Waals surface area contributed by atoms with Gasteiger partial charge in [-0.1, -0.05) is 36.0 Å². The van der Waals surface area contributed by atoms with E-state index >= 15 is 0 Å². The minimum absolute atomic E-state index is 0.154. The fourth-order valence-electron chi connectivity index (χ4n) is 2.32.